The van der Waals surface area contributed by atoms with Crippen molar-refractivity contribution in [2.45, 2.75) is 6.92 Å². The Kier molecular flexibility index (Phi) is 3.39. The van der Waals surface area contributed by atoms with Crippen LogP contribution in [0.2, 0.25) is 5.28 Å². The van der Waals surface area contributed by atoms with E-state index in [-0.39, 0.29) is 11.2 Å². The van der Waals surface area contributed by atoms with Crippen molar-refractivity contribution in [3.05, 3.63) is 5.28 Å². The summed E-state index contributed by atoms with van der Waals surface area (Å²) >= 11 is 5.56. The largest absolute Gasteiger partial charge is 0.354 e. The van der Waals surface area contributed by atoms with Gasteiger partial charge in [0.2, 0.25) is 23.6 Å². The Hall–Kier alpha value is -1.43. The van der Waals surface area contributed by atoms with Crippen LogP contribution in [0.3, 0.4) is 0 Å². The molecule has 0 saturated heterocycles. The second-order valence-electron chi connectivity index (χ2n) is 2.04. The van der Waals surface area contributed by atoms with E-state index in [9.17, 15) is 4.79 Å². The third-order valence-electron chi connectivity index (χ3n) is 1.13. The lowest BCUT2D eigenvalue weighted by atomic mass is 10.7. The zero-order chi connectivity index (χ0) is 9.68. The van der Waals surface area contributed by atoms with Gasteiger partial charge in [0.1, 0.15) is 0 Å². The Morgan fingerprint density at radius 3 is 2.69 bits per heavy atom. The zero-order valence-corrected chi connectivity index (χ0v) is 7.67. The maximum Gasteiger partial charge on any atom is 0.235 e. The molecule has 0 spiro atoms. The third-order valence-corrected chi connectivity index (χ3v) is 1.30. The summed E-state index contributed by atoms with van der Waals surface area (Å²) in [6, 6.07) is 0. The lowest BCUT2D eigenvalue weighted by molar-refractivity contribution is -0.105. The van der Waals surface area contributed by atoms with Crippen molar-refractivity contribution >= 4 is 29.9 Å². The molecule has 0 atom stereocenters. The van der Waals surface area contributed by atoms with Gasteiger partial charge < -0.3 is 5.32 Å². The Bertz CT molecular complexity index is 305. The summed E-state index contributed by atoms with van der Waals surface area (Å²) in [7, 11) is 0. The first kappa shape index (κ1) is 9.66. The van der Waals surface area contributed by atoms with Gasteiger partial charge in [-0.3, -0.25) is 10.1 Å². The number of anilines is 2. The molecule has 1 aromatic rings. The number of hydrogen-bond acceptors (Lipinski definition) is 5. The predicted octanol–water partition coefficient (Wildman–Crippen LogP) is 0.525. The quantitative estimate of drug-likeness (QED) is 0.695. The van der Waals surface area contributed by atoms with Crippen LogP contribution >= 0.6 is 11.6 Å². The Morgan fingerprint density at radius 2 is 2.08 bits per heavy atom. The molecule has 0 unspecified atom stereocenters. The average molecular weight is 202 g/mol. The van der Waals surface area contributed by atoms with Crippen LogP contribution in [-0.4, -0.2) is 27.9 Å². The number of amides is 1. The normalized spacial score (nSPS) is 9.38. The van der Waals surface area contributed by atoms with Crippen molar-refractivity contribution in [3.63, 3.8) is 0 Å². The summed E-state index contributed by atoms with van der Waals surface area (Å²) in [5.74, 6) is 0.470. The van der Waals surface area contributed by atoms with Crippen LogP contribution in [0.25, 0.3) is 0 Å². The number of carbonyl (C=O) groups excluding carboxylic acids is 1. The van der Waals surface area contributed by atoms with Gasteiger partial charge in [-0.15, -0.1) is 0 Å². The predicted molar refractivity (Wildman–Crippen MR) is 48.7 cm³/mol. The first-order valence-corrected chi connectivity index (χ1v) is 3.99. The fourth-order valence-corrected chi connectivity index (χ4v) is 0.865. The molecule has 0 radical (unpaired) electrons. The van der Waals surface area contributed by atoms with E-state index in [0.29, 0.717) is 18.9 Å². The second-order valence-corrected chi connectivity index (χ2v) is 2.38. The van der Waals surface area contributed by atoms with Gasteiger partial charge in [-0.2, -0.15) is 15.0 Å². The molecular weight excluding hydrogens is 194 g/mol. The molecule has 0 aliphatic rings. The molecule has 0 aliphatic heterocycles. The molecule has 0 aromatic carbocycles. The standard InChI is InChI=1S/C6H8ClN5O/c1-2-8-5-10-4(7)11-6(12-5)9-3-13/h3H,2H2,1H3,(H2,8,9,10,11,12,13). The van der Waals surface area contributed by atoms with Gasteiger partial charge in [-0.25, -0.2) is 0 Å². The number of hydrogen-bond donors (Lipinski definition) is 2. The molecule has 0 fully saturated rings. The molecule has 2 N–H and O–H groups in total. The number of nitrogens with one attached hydrogen (secondary N) is 2. The minimum absolute atomic E-state index is 0.0373. The minimum atomic E-state index is 0.0373. The second kappa shape index (κ2) is 4.56. The van der Waals surface area contributed by atoms with Crippen molar-refractivity contribution in [3.8, 4) is 0 Å². The van der Waals surface area contributed by atoms with Gasteiger partial charge in [-0.1, -0.05) is 0 Å². The maximum absolute atomic E-state index is 10.1. The lowest BCUT2D eigenvalue weighted by Crippen LogP contribution is -2.07. The number of rotatable bonds is 4. The van der Waals surface area contributed by atoms with Crippen molar-refractivity contribution < 1.29 is 4.79 Å². The molecule has 70 valence electrons. The smallest absolute Gasteiger partial charge is 0.235 e. The van der Waals surface area contributed by atoms with E-state index in [1.807, 2.05) is 6.92 Å². The highest BCUT2D eigenvalue weighted by atomic mass is 35.5. The zero-order valence-electron chi connectivity index (χ0n) is 6.91. The molecular formula is C6H8ClN5O. The van der Waals surface area contributed by atoms with Crippen molar-refractivity contribution in [1.29, 1.82) is 0 Å². The van der Waals surface area contributed by atoms with Crippen LogP contribution in [0.1, 0.15) is 6.92 Å². The molecule has 1 aromatic heterocycles. The molecule has 6 nitrogen and oxygen atoms in total. The number of aromatic nitrogens is 3. The van der Waals surface area contributed by atoms with Gasteiger partial charge in [0.25, 0.3) is 0 Å². The fourth-order valence-electron chi connectivity index (χ4n) is 0.705. The molecule has 0 saturated carbocycles. The summed E-state index contributed by atoms with van der Waals surface area (Å²) in [5, 5.41) is 5.16. The van der Waals surface area contributed by atoms with E-state index >= 15 is 0 Å². The first-order chi connectivity index (χ1) is 6.26. The Labute approximate surface area is 79.7 Å². The summed E-state index contributed by atoms with van der Waals surface area (Å²) in [4.78, 5) is 21.4. The van der Waals surface area contributed by atoms with Gasteiger partial charge >= 0.3 is 0 Å². The molecule has 1 rings (SSSR count). The van der Waals surface area contributed by atoms with Crippen molar-refractivity contribution in [2.24, 2.45) is 0 Å². The summed E-state index contributed by atoms with van der Waals surface area (Å²) in [5.41, 5.74) is 0. The molecule has 7 heteroatoms. The molecule has 1 heterocycles. The average Bonchev–Trinajstić information content (AvgIpc) is 2.04. The van der Waals surface area contributed by atoms with E-state index in [2.05, 4.69) is 25.6 Å². The van der Waals surface area contributed by atoms with Crippen LogP contribution in [0, 0.1) is 0 Å². The topological polar surface area (TPSA) is 79.8 Å². The Balaban J connectivity index is 2.89. The van der Waals surface area contributed by atoms with Gasteiger partial charge in [-0.05, 0) is 18.5 Å². The number of carbonyl (C=O) groups is 1. The summed E-state index contributed by atoms with van der Waals surface area (Å²) < 4.78 is 0. The van der Waals surface area contributed by atoms with E-state index in [4.69, 9.17) is 11.6 Å². The minimum Gasteiger partial charge on any atom is -0.354 e. The van der Waals surface area contributed by atoms with E-state index < -0.39 is 0 Å². The van der Waals surface area contributed by atoms with E-state index in [1.165, 1.54) is 0 Å². The van der Waals surface area contributed by atoms with E-state index in [1.54, 1.807) is 0 Å². The lowest BCUT2D eigenvalue weighted by Gasteiger charge is -2.02. The number of nitrogens with zero attached hydrogens (tertiary/aromatic N) is 3. The van der Waals surface area contributed by atoms with Gasteiger partial charge in [0, 0.05) is 6.54 Å². The summed E-state index contributed by atoms with van der Waals surface area (Å²) in [6.45, 7) is 2.56. The first-order valence-electron chi connectivity index (χ1n) is 3.62. The third kappa shape index (κ3) is 2.83. The molecule has 0 aliphatic carbocycles. The van der Waals surface area contributed by atoms with Gasteiger partial charge in [0.05, 0.1) is 0 Å². The maximum atomic E-state index is 10.1. The monoisotopic (exact) mass is 201 g/mol. The fraction of sp³-hybridized carbons (Fsp3) is 0.333. The van der Waals surface area contributed by atoms with Gasteiger partial charge in [0.15, 0.2) is 0 Å². The highest BCUT2D eigenvalue weighted by Gasteiger charge is 2.02. The Morgan fingerprint density at radius 1 is 1.38 bits per heavy atom. The molecule has 0 bridgehead atoms. The molecule has 13 heavy (non-hydrogen) atoms. The van der Waals surface area contributed by atoms with Crippen molar-refractivity contribution in [1.82, 2.24) is 15.0 Å². The van der Waals surface area contributed by atoms with Crippen LogP contribution in [-0.2, 0) is 4.79 Å². The summed E-state index contributed by atoms with van der Waals surface area (Å²) in [6.07, 6.45) is 0.474. The van der Waals surface area contributed by atoms with Crippen molar-refractivity contribution in [2.75, 3.05) is 17.2 Å². The van der Waals surface area contributed by atoms with Crippen LogP contribution in [0.15, 0.2) is 0 Å². The highest BCUT2D eigenvalue weighted by Crippen LogP contribution is 2.08. The van der Waals surface area contributed by atoms with E-state index in [0.717, 1.165) is 0 Å². The molecule has 1 amide bonds. The number of halogens is 1. The van der Waals surface area contributed by atoms with Crippen LogP contribution in [0.4, 0.5) is 11.9 Å². The SMILES string of the molecule is CCNc1nc(Cl)nc(NC=O)n1. The van der Waals surface area contributed by atoms with Crippen LogP contribution < -0.4 is 10.6 Å². The van der Waals surface area contributed by atoms with Crippen LogP contribution in [0.5, 0.6) is 0 Å². The highest BCUT2D eigenvalue weighted by molar-refractivity contribution is 6.28.